The van der Waals surface area contributed by atoms with Gasteiger partial charge in [0.25, 0.3) is 0 Å². The van der Waals surface area contributed by atoms with Crippen molar-refractivity contribution in [1.82, 2.24) is 0 Å². The van der Waals surface area contributed by atoms with Crippen molar-refractivity contribution in [3.8, 4) is 0 Å². The molecule has 1 N–H and O–H groups in total. The highest BCUT2D eigenvalue weighted by atomic mass is 16.3. The Hall–Kier alpha value is -0.0400. The van der Waals surface area contributed by atoms with Crippen LogP contribution in [0.25, 0.3) is 0 Å². The average Bonchev–Trinajstić information content (AvgIpc) is 2.32. The van der Waals surface area contributed by atoms with Gasteiger partial charge in [0.05, 0.1) is 6.10 Å². The lowest BCUT2D eigenvalue weighted by atomic mass is 9.89. The third-order valence-corrected chi connectivity index (χ3v) is 3.86. The fraction of sp³-hybridized carbons (Fsp3) is 1.00. The summed E-state index contributed by atoms with van der Waals surface area (Å²) in [5.74, 6) is 0.591. The molecule has 0 aromatic heterocycles. The lowest BCUT2D eigenvalue weighted by Gasteiger charge is -2.21. The van der Waals surface area contributed by atoms with Gasteiger partial charge in [-0.25, -0.2) is 0 Å². The molecule has 1 fully saturated rings. The Bertz CT molecular complexity index is 132. The van der Waals surface area contributed by atoms with Crippen LogP contribution in [-0.4, -0.2) is 11.2 Å². The molecule has 15 heavy (non-hydrogen) atoms. The SMILES string of the molecule is CCC(O)C1CCCCCCCCCC1. The minimum atomic E-state index is -0.0363. The molecular weight excluding hydrogens is 184 g/mol. The Morgan fingerprint density at radius 3 is 1.67 bits per heavy atom. The van der Waals surface area contributed by atoms with Crippen LogP contribution < -0.4 is 0 Å². The van der Waals surface area contributed by atoms with Gasteiger partial charge in [0, 0.05) is 0 Å². The summed E-state index contributed by atoms with van der Waals surface area (Å²) in [5, 5.41) is 9.93. The fourth-order valence-electron chi connectivity index (χ4n) is 2.74. The summed E-state index contributed by atoms with van der Waals surface area (Å²) in [6.45, 7) is 2.11. The second kappa shape index (κ2) is 8.15. The van der Waals surface area contributed by atoms with E-state index in [0.717, 1.165) is 6.42 Å². The van der Waals surface area contributed by atoms with Crippen molar-refractivity contribution < 1.29 is 5.11 Å². The lowest BCUT2D eigenvalue weighted by Crippen LogP contribution is -2.19. The highest BCUT2D eigenvalue weighted by Crippen LogP contribution is 2.24. The second-order valence-electron chi connectivity index (χ2n) is 5.14. The van der Waals surface area contributed by atoms with Crippen LogP contribution in [0.3, 0.4) is 0 Å². The molecule has 1 nitrogen and oxygen atoms in total. The molecule has 1 aliphatic rings. The van der Waals surface area contributed by atoms with E-state index in [2.05, 4.69) is 6.92 Å². The zero-order valence-corrected chi connectivity index (χ0v) is 10.4. The molecule has 1 rings (SSSR count). The first-order chi connectivity index (χ1) is 7.34. The van der Waals surface area contributed by atoms with Crippen LogP contribution in [0.4, 0.5) is 0 Å². The van der Waals surface area contributed by atoms with E-state index in [9.17, 15) is 5.11 Å². The Kier molecular flexibility index (Phi) is 7.08. The summed E-state index contributed by atoms with van der Waals surface area (Å²) in [4.78, 5) is 0. The van der Waals surface area contributed by atoms with Crippen molar-refractivity contribution in [2.24, 2.45) is 5.92 Å². The minimum Gasteiger partial charge on any atom is -0.393 e. The van der Waals surface area contributed by atoms with E-state index < -0.39 is 0 Å². The Balaban J connectivity index is 2.31. The molecule has 0 amide bonds. The molecule has 1 atom stereocenters. The first kappa shape index (κ1) is 13.0. The van der Waals surface area contributed by atoms with E-state index in [1.807, 2.05) is 0 Å². The van der Waals surface area contributed by atoms with Gasteiger partial charge in [-0.3, -0.25) is 0 Å². The van der Waals surface area contributed by atoms with Crippen LogP contribution in [0.5, 0.6) is 0 Å². The normalized spacial score (nSPS) is 24.4. The zero-order valence-electron chi connectivity index (χ0n) is 10.4. The minimum absolute atomic E-state index is 0.0363. The van der Waals surface area contributed by atoms with Crippen molar-refractivity contribution >= 4 is 0 Å². The summed E-state index contributed by atoms with van der Waals surface area (Å²) < 4.78 is 0. The number of aliphatic hydroxyl groups excluding tert-OH is 1. The van der Waals surface area contributed by atoms with Gasteiger partial charge in [-0.1, -0.05) is 58.3 Å². The highest BCUT2D eigenvalue weighted by molar-refractivity contribution is 4.69. The van der Waals surface area contributed by atoms with E-state index >= 15 is 0 Å². The monoisotopic (exact) mass is 212 g/mol. The molecule has 0 spiro atoms. The molecule has 0 aromatic rings. The molecule has 1 heteroatoms. The average molecular weight is 212 g/mol. The smallest absolute Gasteiger partial charge is 0.0565 e. The topological polar surface area (TPSA) is 20.2 Å². The molecular formula is C14H28O. The van der Waals surface area contributed by atoms with E-state index in [4.69, 9.17) is 0 Å². The molecule has 1 saturated carbocycles. The predicted octanol–water partition coefficient (Wildman–Crippen LogP) is 4.29. The van der Waals surface area contributed by atoms with Crippen LogP contribution in [0.1, 0.15) is 77.6 Å². The Morgan fingerprint density at radius 2 is 1.27 bits per heavy atom. The van der Waals surface area contributed by atoms with Gasteiger partial charge < -0.3 is 5.11 Å². The first-order valence-electron chi connectivity index (χ1n) is 7.02. The van der Waals surface area contributed by atoms with Gasteiger partial charge in [-0.05, 0) is 25.2 Å². The first-order valence-corrected chi connectivity index (χ1v) is 7.02. The molecule has 0 bridgehead atoms. The summed E-state index contributed by atoms with van der Waals surface area (Å²) in [7, 11) is 0. The van der Waals surface area contributed by atoms with Crippen LogP contribution >= 0.6 is 0 Å². The number of rotatable bonds is 2. The van der Waals surface area contributed by atoms with Gasteiger partial charge in [0.1, 0.15) is 0 Å². The van der Waals surface area contributed by atoms with Gasteiger partial charge >= 0.3 is 0 Å². The van der Waals surface area contributed by atoms with Gasteiger partial charge in [-0.2, -0.15) is 0 Å². The van der Waals surface area contributed by atoms with Crippen LogP contribution in [-0.2, 0) is 0 Å². The van der Waals surface area contributed by atoms with Gasteiger partial charge in [0.15, 0.2) is 0 Å². The summed E-state index contributed by atoms with van der Waals surface area (Å²) in [5.41, 5.74) is 0. The molecule has 0 heterocycles. The lowest BCUT2D eigenvalue weighted by molar-refractivity contribution is 0.0905. The molecule has 1 aliphatic carbocycles. The van der Waals surface area contributed by atoms with Crippen LogP contribution in [0.2, 0.25) is 0 Å². The summed E-state index contributed by atoms with van der Waals surface area (Å²) >= 11 is 0. The largest absolute Gasteiger partial charge is 0.393 e. The maximum absolute atomic E-state index is 9.93. The molecule has 90 valence electrons. The maximum Gasteiger partial charge on any atom is 0.0565 e. The van der Waals surface area contributed by atoms with Gasteiger partial charge in [-0.15, -0.1) is 0 Å². The molecule has 0 aromatic carbocycles. The van der Waals surface area contributed by atoms with E-state index in [1.54, 1.807) is 0 Å². The van der Waals surface area contributed by atoms with E-state index in [0.29, 0.717) is 5.92 Å². The third-order valence-electron chi connectivity index (χ3n) is 3.86. The summed E-state index contributed by atoms with van der Waals surface area (Å²) in [6.07, 6.45) is 14.5. The van der Waals surface area contributed by atoms with Crippen LogP contribution in [0.15, 0.2) is 0 Å². The summed E-state index contributed by atoms with van der Waals surface area (Å²) in [6, 6.07) is 0. The Labute approximate surface area is 95.3 Å². The molecule has 1 unspecified atom stereocenters. The maximum atomic E-state index is 9.93. The zero-order chi connectivity index (χ0) is 10.9. The third kappa shape index (κ3) is 5.55. The van der Waals surface area contributed by atoms with Crippen molar-refractivity contribution in [2.45, 2.75) is 83.7 Å². The van der Waals surface area contributed by atoms with Gasteiger partial charge in [0.2, 0.25) is 0 Å². The van der Waals surface area contributed by atoms with Crippen LogP contribution in [0, 0.1) is 5.92 Å². The van der Waals surface area contributed by atoms with Crippen molar-refractivity contribution in [3.05, 3.63) is 0 Å². The predicted molar refractivity (Wildman–Crippen MR) is 66.0 cm³/mol. The number of aliphatic hydroxyl groups is 1. The van der Waals surface area contributed by atoms with E-state index in [1.165, 1.54) is 64.2 Å². The van der Waals surface area contributed by atoms with Crippen molar-refractivity contribution in [1.29, 1.82) is 0 Å². The highest BCUT2D eigenvalue weighted by Gasteiger charge is 2.16. The Morgan fingerprint density at radius 1 is 0.867 bits per heavy atom. The fourth-order valence-corrected chi connectivity index (χ4v) is 2.74. The van der Waals surface area contributed by atoms with Crippen molar-refractivity contribution in [2.75, 3.05) is 0 Å². The second-order valence-corrected chi connectivity index (χ2v) is 5.14. The van der Waals surface area contributed by atoms with Crippen molar-refractivity contribution in [3.63, 3.8) is 0 Å². The molecule has 0 saturated heterocycles. The molecule has 0 radical (unpaired) electrons. The standard InChI is InChI=1S/C14H28O/c1-2-14(15)13-11-9-7-5-3-4-6-8-10-12-13/h13-15H,2-12H2,1H3. The van der Waals surface area contributed by atoms with E-state index in [-0.39, 0.29) is 6.10 Å². The number of hydrogen-bond donors (Lipinski definition) is 1. The number of hydrogen-bond acceptors (Lipinski definition) is 1. The quantitative estimate of drug-likeness (QED) is 0.724. The molecule has 0 aliphatic heterocycles.